The van der Waals surface area contributed by atoms with Crippen LogP contribution in [0.2, 0.25) is 0 Å². The Morgan fingerprint density at radius 1 is 1.11 bits per heavy atom. The van der Waals surface area contributed by atoms with Crippen LogP contribution in [0, 0.1) is 6.92 Å². The number of anilines is 1. The minimum absolute atomic E-state index is 0.879. The van der Waals surface area contributed by atoms with Crippen molar-refractivity contribution in [3.8, 4) is 11.3 Å². The summed E-state index contributed by atoms with van der Waals surface area (Å²) in [6.45, 7) is 4.23. The largest absolute Gasteiger partial charge is 0.373 e. The molecule has 1 aromatic carbocycles. The molecule has 0 aliphatic rings. The molecule has 94 valence electrons. The Morgan fingerprint density at radius 3 is 2.44 bits per heavy atom. The average Bonchev–Trinajstić information content (AvgIpc) is 2.39. The predicted octanol–water partition coefficient (Wildman–Crippen LogP) is 3.45. The second kappa shape index (κ2) is 5.63. The highest BCUT2D eigenvalue weighted by atomic mass is 15.0. The Kier molecular flexibility index (Phi) is 3.92. The summed E-state index contributed by atoms with van der Waals surface area (Å²) in [7, 11) is 1.89. The fraction of sp³-hybridized carbons (Fsp3) is 0.333. The van der Waals surface area contributed by atoms with Crippen LogP contribution in [-0.4, -0.2) is 17.0 Å². The lowest BCUT2D eigenvalue weighted by Crippen LogP contribution is -2.01. The molecule has 1 N–H and O–H groups in total. The number of nitrogens with one attached hydrogen (secondary N) is 1. The number of hydrogen-bond donors (Lipinski definition) is 1. The first-order chi connectivity index (χ1) is 8.72. The smallest absolute Gasteiger partial charge is 0.131 e. The van der Waals surface area contributed by atoms with Crippen LogP contribution in [0.5, 0.6) is 0 Å². The van der Waals surface area contributed by atoms with E-state index >= 15 is 0 Å². The van der Waals surface area contributed by atoms with Crippen molar-refractivity contribution >= 4 is 5.82 Å². The van der Waals surface area contributed by atoms with Crippen LogP contribution in [0.4, 0.5) is 5.82 Å². The Balaban J connectivity index is 2.42. The second-order valence-electron chi connectivity index (χ2n) is 4.42. The molecule has 18 heavy (non-hydrogen) atoms. The number of aromatic nitrogens is 2. The highest BCUT2D eigenvalue weighted by Gasteiger charge is 2.05. The van der Waals surface area contributed by atoms with Crippen LogP contribution in [-0.2, 0) is 6.42 Å². The summed E-state index contributed by atoms with van der Waals surface area (Å²) < 4.78 is 0. The van der Waals surface area contributed by atoms with Crippen molar-refractivity contribution in [1.29, 1.82) is 0 Å². The van der Waals surface area contributed by atoms with E-state index in [1.54, 1.807) is 0 Å². The van der Waals surface area contributed by atoms with Crippen molar-refractivity contribution in [2.75, 3.05) is 12.4 Å². The maximum Gasteiger partial charge on any atom is 0.131 e. The number of rotatable bonds is 4. The molecule has 0 saturated heterocycles. The van der Waals surface area contributed by atoms with Gasteiger partial charge in [-0.25, -0.2) is 9.97 Å². The molecule has 0 amide bonds. The van der Waals surface area contributed by atoms with E-state index in [1.165, 1.54) is 5.56 Å². The predicted molar refractivity (Wildman–Crippen MR) is 75.7 cm³/mol. The van der Waals surface area contributed by atoms with Gasteiger partial charge in [-0.15, -0.1) is 0 Å². The first kappa shape index (κ1) is 12.6. The van der Waals surface area contributed by atoms with Crippen LogP contribution < -0.4 is 5.32 Å². The summed E-state index contributed by atoms with van der Waals surface area (Å²) in [6, 6.07) is 10.4. The molecule has 3 heteroatoms. The van der Waals surface area contributed by atoms with Crippen molar-refractivity contribution in [3.63, 3.8) is 0 Å². The molecule has 0 spiro atoms. The van der Waals surface area contributed by atoms with E-state index in [1.807, 2.05) is 13.1 Å². The van der Waals surface area contributed by atoms with Crippen LogP contribution >= 0.6 is 0 Å². The molecule has 0 aliphatic heterocycles. The standard InChI is InChI=1S/C15H19N3/c1-4-5-14-17-13(10-15(16-3)18-14)12-8-6-11(2)7-9-12/h6-10H,4-5H2,1-3H3,(H,16,17,18). The van der Waals surface area contributed by atoms with Gasteiger partial charge in [0.2, 0.25) is 0 Å². The summed E-state index contributed by atoms with van der Waals surface area (Å²) in [5.41, 5.74) is 3.38. The van der Waals surface area contributed by atoms with Gasteiger partial charge in [0.05, 0.1) is 5.69 Å². The first-order valence-electron chi connectivity index (χ1n) is 6.35. The van der Waals surface area contributed by atoms with Gasteiger partial charge in [0.25, 0.3) is 0 Å². The number of nitrogens with zero attached hydrogens (tertiary/aromatic N) is 2. The number of aryl methyl sites for hydroxylation is 2. The Labute approximate surface area is 108 Å². The minimum Gasteiger partial charge on any atom is -0.373 e. The maximum absolute atomic E-state index is 4.62. The van der Waals surface area contributed by atoms with E-state index in [2.05, 4.69) is 53.4 Å². The molecule has 2 rings (SSSR count). The van der Waals surface area contributed by atoms with Crippen molar-refractivity contribution in [2.45, 2.75) is 26.7 Å². The molecule has 0 atom stereocenters. The van der Waals surface area contributed by atoms with Gasteiger partial charge in [-0.1, -0.05) is 36.8 Å². The molecule has 1 aromatic heterocycles. The fourth-order valence-corrected chi connectivity index (χ4v) is 1.83. The van der Waals surface area contributed by atoms with Gasteiger partial charge in [-0.2, -0.15) is 0 Å². The van der Waals surface area contributed by atoms with Crippen molar-refractivity contribution in [2.24, 2.45) is 0 Å². The van der Waals surface area contributed by atoms with E-state index in [0.717, 1.165) is 35.7 Å². The normalized spacial score (nSPS) is 10.4. The van der Waals surface area contributed by atoms with Gasteiger partial charge < -0.3 is 5.32 Å². The molecule has 0 bridgehead atoms. The lowest BCUT2D eigenvalue weighted by Gasteiger charge is -2.07. The lowest BCUT2D eigenvalue weighted by molar-refractivity contribution is 0.838. The third-order valence-corrected chi connectivity index (χ3v) is 2.85. The molecule has 0 saturated carbocycles. The third-order valence-electron chi connectivity index (χ3n) is 2.85. The van der Waals surface area contributed by atoms with Gasteiger partial charge in [0.15, 0.2) is 0 Å². The van der Waals surface area contributed by atoms with Crippen LogP contribution in [0.15, 0.2) is 30.3 Å². The van der Waals surface area contributed by atoms with Gasteiger partial charge in [-0.3, -0.25) is 0 Å². The molecule has 3 nitrogen and oxygen atoms in total. The molecule has 2 aromatic rings. The minimum atomic E-state index is 0.879. The Morgan fingerprint density at radius 2 is 1.83 bits per heavy atom. The topological polar surface area (TPSA) is 37.8 Å². The monoisotopic (exact) mass is 241 g/mol. The maximum atomic E-state index is 4.62. The number of benzene rings is 1. The summed E-state index contributed by atoms with van der Waals surface area (Å²) in [5.74, 6) is 1.78. The Hall–Kier alpha value is -1.90. The number of hydrogen-bond acceptors (Lipinski definition) is 3. The van der Waals surface area contributed by atoms with Gasteiger partial charge in [0.1, 0.15) is 11.6 Å². The first-order valence-corrected chi connectivity index (χ1v) is 6.35. The summed E-state index contributed by atoms with van der Waals surface area (Å²) in [6.07, 6.45) is 1.97. The van der Waals surface area contributed by atoms with E-state index < -0.39 is 0 Å². The molecule has 0 unspecified atom stereocenters. The van der Waals surface area contributed by atoms with E-state index in [-0.39, 0.29) is 0 Å². The van der Waals surface area contributed by atoms with Gasteiger partial charge in [0, 0.05) is 25.1 Å². The van der Waals surface area contributed by atoms with Crippen molar-refractivity contribution in [1.82, 2.24) is 9.97 Å². The van der Waals surface area contributed by atoms with Crippen molar-refractivity contribution in [3.05, 3.63) is 41.7 Å². The summed E-state index contributed by atoms with van der Waals surface area (Å²) in [4.78, 5) is 9.08. The lowest BCUT2D eigenvalue weighted by atomic mass is 10.1. The molecule has 0 fully saturated rings. The second-order valence-corrected chi connectivity index (χ2v) is 4.42. The third kappa shape index (κ3) is 2.86. The van der Waals surface area contributed by atoms with Gasteiger partial charge >= 0.3 is 0 Å². The van der Waals surface area contributed by atoms with Crippen LogP contribution in [0.3, 0.4) is 0 Å². The van der Waals surface area contributed by atoms with E-state index in [4.69, 9.17) is 0 Å². The quantitative estimate of drug-likeness (QED) is 0.891. The summed E-state index contributed by atoms with van der Waals surface area (Å²) in [5, 5.41) is 3.10. The molecule has 0 radical (unpaired) electrons. The Bertz CT molecular complexity index is 518. The van der Waals surface area contributed by atoms with Crippen LogP contribution in [0.25, 0.3) is 11.3 Å². The summed E-state index contributed by atoms with van der Waals surface area (Å²) >= 11 is 0. The average molecular weight is 241 g/mol. The highest BCUT2D eigenvalue weighted by Crippen LogP contribution is 2.20. The van der Waals surface area contributed by atoms with Gasteiger partial charge in [-0.05, 0) is 13.3 Å². The zero-order valence-corrected chi connectivity index (χ0v) is 11.2. The highest BCUT2D eigenvalue weighted by molar-refractivity contribution is 5.62. The molecular formula is C15H19N3. The SMILES string of the molecule is CCCc1nc(NC)cc(-c2ccc(C)cc2)n1. The fourth-order valence-electron chi connectivity index (χ4n) is 1.83. The van der Waals surface area contributed by atoms with Crippen LogP contribution in [0.1, 0.15) is 24.7 Å². The van der Waals surface area contributed by atoms with E-state index in [0.29, 0.717) is 0 Å². The molecule has 1 heterocycles. The van der Waals surface area contributed by atoms with Crippen molar-refractivity contribution < 1.29 is 0 Å². The molecule has 0 aliphatic carbocycles. The molecular weight excluding hydrogens is 222 g/mol. The zero-order valence-electron chi connectivity index (χ0n) is 11.2. The van der Waals surface area contributed by atoms with E-state index in [9.17, 15) is 0 Å². The zero-order chi connectivity index (χ0) is 13.0.